The van der Waals surface area contributed by atoms with Crippen LogP contribution in [-0.4, -0.2) is 0 Å². The second-order valence-corrected chi connectivity index (χ2v) is 9.62. The third-order valence-electron chi connectivity index (χ3n) is 5.70. The number of hydrogen-bond donors (Lipinski definition) is 0. The standard InChI is InChI=1S/C29H30O4/c1-19(2)23-8-6-7-9-25(23)33-27-18-32-26-16-22(14-15-24(26)28(27)30)31-17-20-10-12-21(13-11-20)29(3,4)5/h6-16,18-19H,17H2,1-5H3. The average molecular weight is 443 g/mol. The van der Waals surface area contributed by atoms with E-state index in [1.807, 2.05) is 24.3 Å². The first-order chi connectivity index (χ1) is 15.7. The molecule has 4 nitrogen and oxygen atoms in total. The molecular formula is C29H30O4. The van der Waals surface area contributed by atoms with E-state index in [0.29, 0.717) is 29.1 Å². The molecule has 0 bridgehead atoms. The molecule has 0 amide bonds. The minimum absolute atomic E-state index is 0.120. The smallest absolute Gasteiger partial charge is 0.235 e. The molecule has 4 rings (SSSR count). The van der Waals surface area contributed by atoms with Crippen molar-refractivity contribution in [3.63, 3.8) is 0 Å². The first kappa shape index (κ1) is 22.7. The highest BCUT2D eigenvalue weighted by atomic mass is 16.5. The van der Waals surface area contributed by atoms with Gasteiger partial charge < -0.3 is 13.9 Å². The van der Waals surface area contributed by atoms with Gasteiger partial charge in [-0.25, -0.2) is 0 Å². The highest BCUT2D eigenvalue weighted by molar-refractivity contribution is 5.79. The van der Waals surface area contributed by atoms with Gasteiger partial charge in [-0.05, 0) is 46.2 Å². The molecule has 0 radical (unpaired) electrons. The van der Waals surface area contributed by atoms with Gasteiger partial charge in [0.2, 0.25) is 11.2 Å². The van der Waals surface area contributed by atoms with Gasteiger partial charge in [-0.15, -0.1) is 0 Å². The third kappa shape index (κ3) is 5.11. The summed E-state index contributed by atoms with van der Waals surface area (Å²) in [7, 11) is 0. The summed E-state index contributed by atoms with van der Waals surface area (Å²) in [5, 5.41) is 0.455. The van der Waals surface area contributed by atoms with E-state index in [1.54, 1.807) is 18.2 Å². The van der Waals surface area contributed by atoms with Crippen molar-refractivity contribution in [1.29, 1.82) is 0 Å². The highest BCUT2D eigenvalue weighted by Crippen LogP contribution is 2.30. The van der Waals surface area contributed by atoms with Crippen LogP contribution in [-0.2, 0) is 12.0 Å². The summed E-state index contributed by atoms with van der Waals surface area (Å²) in [4.78, 5) is 13.0. The summed E-state index contributed by atoms with van der Waals surface area (Å²) < 4.78 is 17.6. The third-order valence-corrected chi connectivity index (χ3v) is 5.70. The van der Waals surface area contributed by atoms with Crippen molar-refractivity contribution in [1.82, 2.24) is 0 Å². The molecule has 0 atom stereocenters. The second kappa shape index (κ2) is 9.14. The Hall–Kier alpha value is -3.53. The Kier molecular flexibility index (Phi) is 6.28. The molecule has 0 fully saturated rings. The minimum Gasteiger partial charge on any atom is -0.489 e. The van der Waals surface area contributed by atoms with Gasteiger partial charge in [-0.2, -0.15) is 0 Å². The maximum Gasteiger partial charge on any atom is 0.235 e. The molecule has 4 aromatic rings. The summed E-state index contributed by atoms with van der Waals surface area (Å²) in [5.74, 6) is 1.75. The molecule has 3 aromatic carbocycles. The largest absolute Gasteiger partial charge is 0.489 e. The first-order valence-corrected chi connectivity index (χ1v) is 11.3. The first-order valence-electron chi connectivity index (χ1n) is 11.3. The van der Waals surface area contributed by atoms with Gasteiger partial charge in [-0.3, -0.25) is 4.79 Å². The van der Waals surface area contributed by atoms with E-state index >= 15 is 0 Å². The molecule has 0 spiro atoms. The van der Waals surface area contributed by atoms with Crippen LogP contribution in [0.1, 0.15) is 57.2 Å². The lowest BCUT2D eigenvalue weighted by atomic mass is 9.87. The van der Waals surface area contributed by atoms with Gasteiger partial charge in [0.15, 0.2) is 0 Å². The van der Waals surface area contributed by atoms with Gasteiger partial charge in [0.25, 0.3) is 0 Å². The summed E-state index contributed by atoms with van der Waals surface area (Å²) in [6.07, 6.45) is 1.37. The molecule has 1 heterocycles. The van der Waals surface area contributed by atoms with E-state index in [0.717, 1.165) is 11.1 Å². The fourth-order valence-corrected chi connectivity index (χ4v) is 3.69. The lowest BCUT2D eigenvalue weighted by molar-refractivity contribution is 0.306. The topological polar surface area (TPSA) is 48.7 Å². The summed E-state index contributed by atoms with van der Waals surface area (Å²) >= 11 is 0. The molecule has 4 heteroatoms. The fourth-order valence-electron chi connectivity index (χ4n) is 3.69. The molecule has 0 aliphatic carbocycles. The number of para-hydroxylation sites is 1. The molecule has 0 N–H and O–H groups in total. The number of benzene rings is 3. The van der Waals surface area contributed by atoms with Crippen molar-refractivity contribution in [2.24, 2.45) is 0 Å². The normalized spacial score (nSPS) is 11.7. The number of rotatable bonds is 6. The Bertz CT molecular complexity index is 1310. The Balaban J connectivity index is 1.52. The quantitative estimate of drug-likeness (QED) is 0.309. The minimum atomic E-state index is -0.209. The molecular weight excluding hydrogens is 412 g/mol. The zero-order valence-electron chi connectivity index (χ0n) is 19.8. The second-order valence-electron chi connectivity index (χ2n) is 9.62. The van der Waals surface area contributed by atoms with Gasteiger partial charge in [0.1, 0.15) is 30.0 Å². The molecule has 0 saturated carbocycles. The van der Waals surface area contributed by atoms with Crippen LogP contribution in [0.5, 0.6) is 17.2 Å². The van der Waals surface area contributed by atoms with Crippen LogP contribution >= 0.6 is 0 Å². The predicted molar refractivity (Wildman–Crippen MR) is 133 cm³/mol. The maximum atomic E-state index is 13.0. The van der Waals surface area contributed by atoms with E-state index in [9.17, 15) is 4.79 Å². The summed E-state index contributed by atoms with van der Waals surface area (Å²) in [6.45, 7) is 11.2. The maximum absolute atomic E-state index is 13.0. The van der Waals surface area contributed by atoms with E-state index < -0.39 is 0 Å². The van der Waals surface area contributed by atoms with E-state index in [4.69, 9.17) is 13.9 Å². The lowest BCUT2D eigenvalue weighted by Gasteiger charge is -2.19. The van der Waals surface area contributed by atoms with Crippen molar-refractivity contribution in [2.75, 3.05) is 0 Å². The van der Waals surface area contributed by atoms with Crippen LogP contribution in [0.25, 0.3) is 11.0 Å². The molecule has 0 aliphatic rings. The average Bonchev–Trinajstić information content (AvgIpc) is 2.79. The Morgan fingerprint density at radius 2 is 1.64 bits per heavy atom. The SMILES string of the molecule is CC(C)c1ccccc1Oc1coc2cc(OCc3ccc(C(C)(C)C)cc3)ccc2c1=O. The van der Waals surface area contributed by atoms with Crippen LogP contribution in [0.4, 0.5) is 0 Å². The van der Waals surface area contributed by atoms with Crippen molar-refractivity contribution < 1.29 is 13.9 Å². The van der Waals surface area contributed by atoms with Crippen molar-refractivity contribution in [3.05, 3.63) is 99.9 Å². The van der Waals surface area contributed by atoms with Crippen molar-refractivity contribution in [2.45, 2.75) is 52.6 Å². The summed E-state index contributed by atoms with van der Waals surface area (Å²) in [6, 6.07) is 21.4. The lowest BCUT2D eigenvalue weighted by Crippen LogP contribution is -2.10. The van der Waals surface area contributed by atoms with Gasteiger partial charge in [-0.1, -0.05) is 77.1 Å². The van der Waals surface area contributed by atoms with Gasteiger partial charge in [0.05, 0.1) is 5.39 Å². The predicted octanol–water partition coefficient (Wildman–Crippen LogP) is 7.59. The van der Waals surface area contributed by atoms with E-state index in [-0.39, 0.29) is 22.5 Å². The highest BCUT2D eigenvalue weighted by Gasteiger charge is 2.14. The van der Waals surface area contributed by atoms with Crippen molar-refractivity contribution >= 4 is 11.0 Å². The number of fused-ring (bicyclic) bond motifs is 1. The molecule has 170 valence electrons. The molecule has 0 unspecified atom stereocenters. The zero-order chi connectivity index (χ0) is 23.6. The van der Waals surface area contributed by atoms with Gasteiger partial charge in [0, 0.05) is 6.07 Å². The van der Waals surface area contributed by atoms with Crippen LogP contribution in [0.15, 0.2) is 82.2 Å². The van der Waals surface area contributed by atoms with Gasteiger partial charge >= 0.3 is 0 Å². The van der Waals surface area contributed by atoms with Crippen LogP contribution in [0.3, 0.4) is 0 Å². The van der Waals surface area contributed by atoms with E-state index in [1.165, 1.54) is 11.8 Å². The molecule has 0 saturated heterocycles. The number of ether oxygens (including phenoxy) is 2. The summed E-state index contributed by atoms with van der Waals surface area (Å²) in [5.41, 5.74) is 3.78. The fraction of sp³-hybridized carbons (Fsp3) is 0.276. The Morgan fingerprint density at radius 1 is 0.909 bits per heavy atom. The van der Waals surface area contributed by atoms with Crippen LogP contribution < -0.4 is 14.9 Å². The zero-order valence-corrected chi connectivity index (χ0v) is 19.8. The van der Waals surface area contributed by atoms with Crippen LogP contribution in [0, 0.1) is 0 Å². The molecule has 0 aliphatic heterocycles. The molecule has 33 heavy (non-hydrogen) atoms. The monoisotopic (exact) mass is 442 g/mol. The Morgan fingerprint density at radius 3 is 2.33 bits per heavy atom. The Labute approximate surface area is 194 Å². The van der Waals surface area contributed by atoms with E-state index in [2.05, 4.69) is 58.9 Å². The van der Waals surface area contributed by atoms with Crippen LogP contribution in [0.2, 0.25) is 0 Å². The van der Waals surface area contributed by atoms with Crippen molar-refractivity contribution in [3.8, 4) is 17.2 Å². The molecule has 1 aromatic heterocycles. The number of hydrogen-bond acceptors (Lipinski definition) is 4.